The second-order valence-electron chi connectivity index (χ2n) is 10.4. The summed E-state index contributed by atoms with van der Waals surface area (Å²) in [4.78, 5) is 47.6. The first-order valence-corrected chi connectivity index (χ1v) is 14.2. The number of carbonyl (C=O) groups is 4. The van der Waals surface area contributed by atoms with E-state index in [4.69, 9.17) is 5.73 Å². The fraction of sp³-hybridized carbons (Fsp3) is 0.852. The van der Waals surface area contributed by atoms with Gasteiger partial charge < -0.3 is 37.0 Å². The molecule has 38 heavy (non-hydrogen) atoms. The Kier molecular flexibility index (Phi) is 21.4. The van der Waals surface area contributed by atoms with Crippen LogP contribution in [0.2, 0.25) is 0 Å². The number of hydrogen-bond acceptors (Lipinski definition) is 7. The molecule has 0 aromatic rings. The number of aliphatic carboxylic acids is 1. The van der Waals surface area contributed by atoms with Crippen molar-refractivity contribution in [2.75, 3.05) is 19.7 Å². The molecule has 11 heteroatoms. The number of amides is 3. The molecule has 1 unspecified atom stereocenters. The number of hydrogen-bond donors (Lipinski definition) is 7. The minimum absolute atomic E-state index is 0.112. The molecule has 0 saturated carbocycles. The molecule has 0 aliphatic carbocycles. The van der Waals surface area contributed by atoms with Crippen LogP contribution >= 0.6 is 0 Å². The van der Waals surface area contributed by atoms with E-state index in [1.54, 1.807) is 0 Å². The lowest BCUT2D eigenvalue weighted by Gasteiger charge is -2.20. The van der Waals surface area contributed by atoms with Crippen LogP contribution in [0.1, 0.15) is 104 Å². The highest BCUT2D eigenvalue weighted by atomic mass is 16.4. The van der Waals surface area contributed by atoms with Crippen molar-refractivity contribution in [1.29, 1.82) is 0 Å². The van der Waals surface area contributed by atoms with Gasteiger partial charge in [-0.05, 0) is 31.7 Å². The summed E-state index contributed by atoms with van der Waals surface area (Å²) in [5.41, 5.74) is 5.36. The number of nitrogens with two attached hydrogens (primary N) is 1. The van der Waals surface area contributed by atoms with E-state index in [1.165, 1.54) is 44.9 Å². The van der Waals surface area contributed by atoms with Crippen molar-refractivity contribution in [3.05, 3.63) is 0 Å². The van der Waals surface area contributed by atoms with E-state index in [2.05, 4.69) is 29.8 Å². The number of unbranched alkanes of at least 4 members (excludes halogenated alkanes) is 8. The molecule has 0 aliphatic heterocycles. The maximum atomic E-state index is 12.2. The van der Waals surface area contributed by atoms with Gasteiger partial charge in [0.05, 0.1) is 25.7 Å². The molecule has 8 N–H and O–H groups in total. The highest BCUT2D eigenvalue weighted by Gasteiger charge is 2.26. The van der Waals surface area contributed by atoms with E-state index >= 15 is 0 Å². The third-order valence-electron chi connectivity index (χ3n) is 6.33. The number of carboxylic acid groups (broad SMARTS) is 1. The summed E-state index contributed by atoms with van der Waals surface area (Å²) in [6.07, 6.45) is 12.0. The van der Waals surface area contributed by atoms with Crippen LogP contribution in [0.25, 0.3) is 0 Å². The maximum absolute atomic E-state index is 12.2. The summed E-state index contributed by atoms with van der Waals surface area (Å²) in [5.74, 6) is -2.54. The molecule has 0 saturated heterocycles. The first-order chi connectivity index (χ1) is 18.1. The Bertz CT molecular complexity index is 676. The summed E-state index contributed by atoms with van der Waals surface area (Å²) >= 11 is 0. The lowest BCUT2D eigenvalue weighted by atomic mass is 10.0. The molecule has 3 amide bonds. The van der Waals surface area contributed by atoms with Crippen LogP contribution < -0.4 is 21.7 Å². The van der Waals surface area contributed by atoms with E-state index in [1.807, 2.05) is 0 Å². The van der Waals surface area contributed by atoms with Crippen LogP contribution in [-0.2, 0) is 19.2 Å². The number of carboxylic acids is 1. The standard InChI is InChI=1S/C27H52N4O7/c1-20(2)13-10-8-6-4-3-5-7-9-11-14-21(33)17-24(34)29-18-25(35)30-23(19-32)26(36)31-22(27(37)38)15-12-16-28/h20-23,32-33H,3-19,28H2,1-2H3,(H,29,34)(H,30,35)(H,31,36)(H,37,38)/t21?,22-,23-/m0/s1. The van der Waals surface area contributed by atoms with Gasteiger partial charge in [0.1, 0.15) is 12.1 Å². The van der Waals surface area contributed by atoms with E-state index in [0.717, 1.165) is 25.2 Å². The van der Waals surface area contributed by atoms with Crippen molar-refractivity contribution in [1.82, 2.24) is 16.0 Å². The zero-order chi connectivity index (χ0) is 28.8. The van der Waals surface area contributed by atoms with Gasteiger partial charge in [-0.2, -0.15) is 0 Å². The van der Waals surface area contributed by atoms with Gasteiger partial charge in [-0.15, -0.1) is 0 Å². The maximum Gasteiger partial charge on any atom is 0.326 e. The quantitative estimate of drug-likeness (QED) is 0.0891. The molecule has 0 bridgehead atoms. The summed E-state index contributed by atoms with van der Waals surface area (Å²) in [6, 6.07) is -2.56. The Labute approximate surface area is 227 Å². The highest BCUT2D eigenvalue weighted by Crippen LogP contribution is 2.14. The summed E-state index contributed by atoms with van der Waals surface area (Å²) in [5, 5.41) is 35.6. The minimum atomic E-state index is -1.37. The first kappa shape index (κ1) is 35.8. The Balaban J connectivity index is 4.02. The summed E-state index contributed by atoms with van der Waals surface area (Å²) in [6.45, 7) is 3.59. The van der Waals surface area contributed by atoms with Gasteiger partial charge in [0.15, 0.2) is 0 Å². The topological polar surface area (TPSA) is 191 Å². The molecule has 11 nitrogen and oxygen atoms in total. The fourth-order valence-corrected chi connectivity index (χ4v) is 4.03. The average Bonchev–Trinajstić information content (AvgIpc) is 2.86. The van der Waals surface area contributed by atoms with E-state index in [-0.39, 0.29) is 19.4 Å². The van der Waals surface area contributed by atoms with Gasteiger partial charge in [0.2, 0.25) is 17.7 Å². The number of aliphatic hydroxyl groups is 2. The number of carbonyl (C=O) groups excluding carboxylic acids is 3. The molecular formula is C27H52N4O7. The third kappa shape index (κ3) is 19.8. The van der Waals surface area contributed by atoms with Gasteiger partial charge in [0.25, 0.3) is 0 Å². The predicted molar refractivity (Wildman–Crippen MR) is 146 cm³/mol. The van der Waals surface area contributed by atoms with Crippen LogP contribution in [0.15, 0.2) is 0 Å². The molecule has 0 rings (SSSR count). The Morgan fingerprint density at radius 1 is 0.737 bits per heavy atom. The van der Waals surface area contributed by atoms with Crippen molar-refractivity contribution >= 4 is 23.7 Å². The lowest BCUT2D eigenvalue weighted by Crippen LogP contribution is -2.54. The largest absolute Gasteiger partial charge is 0.480 e. The van der Waals surface area contributed by atoms with Crippen molar-refractivity contribution in [2.24, 2.45) is 11.7 Å². The van der Waals surface area contributed by atoms with Crippen LogP contribution in [0.5, 0.6) is 0 Å². The Morgan fingerprint density at radius 2 is 1.29 bits per heavy atom. The summed E-state index contributed by atoms with van der Waals surface area (Å²) in [7, 11) is 0. The molecule has 0 spiro atoms. The molecule has 3 atom stereocenters. The van der Waals surface area contributed by atoms with E-state index in [0.29, 0.717) is 12.8 Å². The SMILES string of the molecule is CC(C)CCCCCCCCCCCC(O)CC(=O)NCC(=O)N[C@@H](CO)C(=O)N[C@@H](CCCN)C(=O)O. The second kappa shape index (κ2) is 22.7. The van der Waals surface area contributed by atoms with Crippen molar-refractivity contribution in [3.63, 3.8) is 0 Å². The highest BCUT2D eigenvalue weighted by molar-refractivity contribution is 5.92. The summed E-state index contributed by atoms with van der Waals surface area (Å²) < 4.78 is 0. The normalized spacial score (nSPS) is 13.5. The zero-order valence-electron chi connectivity index (χ0n) is 23.4. The van der Waals surface area contributed by atoms with Gasteiger partial charge in [0, 0.05) is 0 Å². The van der Waals surface area contributed by atoms with Crippen molar-refractivity contribution in [3.8, 4) is 0 Å². The lowest BCUT2D eigenvalue weighted by molar-refractivity contribution is -0.142. The minimum Gasteiger partial charge on any atom is -0.480 e. The Hall–Kier alpha value is -2.24. The van der Waals surface area contributed by atoms with Gasteiger partial charge in [-0.3, -0.25) is 14.4 Å². The fourth-order valence-electron chi connectivity index (χ4n) is 4.03. The smallest absolute Gasteiger partial charge is 0.326 e. The predicted octanol–water partition coefficient (Wildman–Crippen LogP) is 1.59. The number of aliphatic hydroxyl groups excluding tert-OH is 2. The van der Waals surface area contributed by atoms with E-state index < -0.39 is 55.0 Å². The number of rotatable bonds is 24. The van der Waals surface area contributed by atoms with Crippen LogP contribution in [0.4, 0.5) is 0 Å². The van der Waals surface area contributed by atoms with Crippen LogP contribution in [-0.4, -0.2) is 76.9 Å². The molecule has 222 valence electrons. The molecule has 0 heterocycles. The molecule has 0 radical (unpaired) electrons. The average molecular weight is 545 g/mol. The zero-order valence-corrected chi connectivity index (χ0v) is 23.4. The van der Waals surface area contributed by atoms with Gasteiger partial charge >= 0.3 is 5.97 Å². The molecular weight excluding hydrogens is 492 g/mol. The molecule has 0 aromatic heterocycles. The molecule has 0 fully saturated rings. The van der Waals surface area contributed by atoms with Crippen LogP contribution in [0.3, 0.4) is 0 Å². The molecule has 0 aliphatic rings. The van der Waals surface area contributed by atoms with Crippen molar-refractivity contribution < 1.29 is 34.5 Å². The van der Waals surface area contributed by atoms with Crippen molar-refractivity contribution in [2.45, 2.75) is 122 Å². The third-order valence-corrected chi connectivity index (χ3v) is 6.33. The number of nitrogens with one attached hydrogen (secondary N) is 3. The molecule has 0 aromatic carbocycles. The van der Waals surface area contributed by atoms with Gasteiger partial charge in [-0.1, -0.05) is 78.1 Å². The van der Waals surface area contributed by atoms with Gasteiger partial charge in [-0.25, -0.2) is 4.79 Å². The Morgan fingerprint density at radius 3 is 1.79 bits per heavy atom. The van der Waals surface area contributed by atoms with Crippen LogP contribution in [0, 0.1) is 5.92 Å². The second-order valence-corrected chi connectivity index (χ2v) is 10.4. The van der Waals surface area contributed by atoms with E-state index in [9.17, 15) is 34.5 Å². The monoisotopic (exact) mass is 544 g/mol. The first-order valence-electron chi connectivity index (χ1n) is 14.2.